The molecule has 0 spiro atoms. The van der Waals surface area contributed by atoms with Gasteiger partial charge in [0.25, 0.3) is 0 Å². The molecule has 18 heavy (non-hydrogen) atoms. The SMILES string of the molecule is N/C(=N/O)c1cccc(CNCC(O)CO)c1F. The largest absolute Gasteiger partial charge is 0.409 e. The van der Waals surface area contributed by atoms with Crippen molar-refractivity contribution in [2.45, 2.75) is 12.6 Å². The third-order valence-corrected chi connectivity index (χ3v) is 2.37. The molecule has 0 bridgehead atoms. The predicted molar refractivity (Wildman–Crippen MR) is 63.7 cm³/mol. The van der Waals surface area contributed by atoms with Gasteiger partial charge in [-0.15, -0.1) is 0 Å². The molecular formula is C11H16FN3O3. The molecular weight excluding hydrogens is 241 g/mol. The third-order valence-electron chi connectivity index (χ3n) is 2.37. The van der Waals surface area contributed by atoms with Gasteiger partial charge in [-0.1, -0.05) is 17.3 Å². The second-order valence-electron chi connectivity index (χ2n) is 3.73. The second-order valence-corrected chi connectivity index (χ2v) is 3.73. The summed E-state index contributed by atoms with van der Waals surface area (Å²) < 4.78 is 13.9. The molecule has 0 aliphatic heterocycles. The lowest BCUT2D eigenvalue weighted by Gasteiger charge is -2.10. The van der Waals surface area contributed by atoms with Crippen molar-refractivity contribution in [1.29, 1.82) is 0 Å². The molecule has 0 aromatic heterocycles. The van der Waals surface area contributed by atoms with Crippen LogP contribution in [0.1, 0.15) is 11.1 Å². The van der Waals surface area contributed by atoms with E-state index in [1.165, 1.54) is 6.07 Å². The van der Waals surface area contributed by atoms with Crippen molar-refractivity contribution in [3.63, 3.8) is 0 Å². The van der Waals surface area contributed by atoms with Gasteiger partial charge in [0, 0.05) is 18.7 Å². The monoisotopic (exact) mass is 257 g/mol. The maximum atomic E-state index is 13.9. The van der Waals surface area contributed by atoms with Gasteiger partial charge in [-0.05, 0) is 6.07 Å². The first-order chi connectivity index (χ1) is 8.60. The zero-order valence-electron chi connectivity index (χ0n) is 9.67. The minimum atomic E-state index is -0.889. The molecule has 0 amide bonds. The van der Waals surface area contributed by atoms with Crippen LogP contribution in [0.15, 0.2) is 23.4 Å². The number of nitrogens with zero attached hydrogens (tertiary/aromatic N) is 1. The zero-order valence-corrected chi connectivity index (χ0v) is 9.67. The summed E-state index contributed by atoms with van der Waals surface area (Å²) in [4.78, 5) is 0. The van der Waals surface area contributed by atoms with Gasteiger partial charge in [-0.25, -0.2) is 4.39 Å². The van der Waals surface area contributed by atoms with Crippen LogP contribution in [0.25, 0.3) is 0 Å². The average molecular weight is 257 g/mol. The smallest absolute Gasteiger partial charge is 0.173 e. The van der Waals surface area contributed by atoms with E-state index in [-0.39, 0.29) is 31.1 Å². The van der Waals surface area contributed by atoms with Gasteiger partial charge in [0.2, 0.25) is 0 Å². The summed E-state index contributed by atoms with van der Waals surface area (Å²) in [6, 6.07) is 4.52. The van der Waals surface area contributed by atoms with E-state index in [2.05, 4.69) is 10.5 Å². The van der Waals surface area contributed by atoms with Gasteiger partial charge in [0.15, 0.2) is 5.84 Å². The van der Waals surface area contributed by atoms with E-state index in [1.807, 2.05) is 0 Å². The summed E-state index contributed by atoms with van der Waals surface area (Å²) in [7, 11) is 0. The minimum absolute atomic E-state index is 0.0134. The predicted octanol–water partition coefficient (Wildman–Crippen LogP) is -0.637. The molecule has 0 aliphatic rings. The van der Waals surface area contributed by atoms with Crippen LogP contribution in [0.2, 0.25) is 0 Å². The fraction of sp³-hybridized carbons (Fsp3) is 0.364. The topological polar surface area (TPSA) is 111 Å². The summed E-state index contributed by atoms with van der Waals surface area (Å²) in [5, 5.41) is 31.8. The molecule has 0 saturated carbocycles. The Labute approximate surface area is 104 Å². The lowest BCUT2D eigenvalue weighted by Crippen LogP contribution is -2.29. The van der Waals surface area contributed by atoms with Crippen molar-refractivity contribution >= 4 is 5.84 Å². The second kappa shape index (κ2) is 6.90. The first kappa shape index (κ1) is 14.4. The molecule has 0 radical (unpaired) electrons. The first-order valence-electron chi connectivity index (χ1n) is 5.35. The molecule has 0 saturated heterocycles. The Kier molecular flexibility index (Phi) is 5.50. The van der Waals surface area contributed by atoms with Gasteiger partial charge in [-0.3, -0.25) is 0 Å². The average Bonchev–Trinajstić information content (AvgIpc) is 2.39. The number of nitrogens with two attached hydrogens (primary N) is 1. The molecule has 0 fully saturated rings. The Morgan fingerprint density at radius 3 is 2.83 bits per heavy atom. The normalized spacial score (nSPS) is 13.6. The maximum Gasteiger partial charge on any atom is 0.173 e. The highest BCUT2D eigenvalue weighted by atomic mass is 19.1. The third kappa shape index (κ3) is 3.66. The number of rotatable bonds is 6. The summed E-state index contributed by atoms with van der Waals surface area (Å²) in [6.45, 7) is -0.0567. The minimum Gasteiger partial charge on any atom is -0.409 e. The number of halogens is 1. The van der Waals surface area contributed by atoms with Crippen LogP contribution in [-0.2, 0) is 6.54 Å². The van der Waals surface area contributed by atoms with Crippen LogP contribution < -0.4 is 11.1 Å². The Balaban J connectivity index is 2.72. The fourth-order valence-electron chi connectivity index (χ4n) is 1.41. The standard InChI is InChI=1S/C11H16FN3O3/c12-10-7(4-14-5-8(17)6-16)2-1-3-9(10)11(13)15-18/h1-3,8,14,16-18H,4-6H2,(H2,13,15). The summed E-state index contributed by atoms with van der Waals surface area (Å²) >= 11 is 0. The van der Waals surface area contributed by atoms with Crippen LogP contribution in [0.3, 0.4) is 0 Å². The highest BCUT2D eigenvalue weighted by Crippen LogP contribution is 2.12. The van der Waals surface area contributed by atoms with E-state index in [9.17, 15) is 4.39 Å². The number of hydrogen-bond donors (Lipinski definition) is 5. The van der Waals surface area contributed by atoms with Crippen molar-refractivity contribution in [1.82, 2.24) is 5.32 Å². The molecule has 0 heterocycles. The Hall–Kier alpha value is -1.70. The van der Waals surface area contributed by atoms with E-state index in [1.54, 1.807) is 12.1 Å². The molecule has 1 rings (SSSR count). The van der Waals surface area contributed by atoms with Gasteiger partial charge in [0.1, 0.15) is 5.82 Å². The van der Waals surface area contributed by atoms with E-state index < -0.39 is 11.9 Å². The van der Waals surface area contributed by atoms with Crippen molar-refractivity contribution in [3.8, 4) is 0 Å². The van der Waals surface area contributed by atoms with Gasteiger partial charge in [-0.2, -0.15) is 0 Å². The van der Waals surface area contributed by atoms with Crippen molar-refractivity contribution in [2.24, 2.45) is 10.9 Å². The molecule has 1 aromatic carbocycles. The summed E-state index contributed by atoms with van der Waals surface area (Å²) in [6.07, 6.45) is -0.889. The quantitative estimate of drug-likeness (QED) is 0.201. The fourth-order valence-corrected chi connectivity index (χ4v) is 1.41. The van der Waals surface area contributed by atoms with E-state index >= 15 is 0 Å². The number of benzene rings is 1. The van der Waals surface area contributed by atoms with Gasteiger partial charge < -0.3 is 26.5 Å². The molecule has 100 valence electrons. The molecule has 7 heteroatoms. The number of aliphatic hydroxyl groups excluding tert-OH is 2. The Bertz CT molecular complexity index is 426. The lowest BCUT2D eigenvalue weighted by atomic mass is 10.1. The van der Waals surface area contributed by atoms with E-state index in [0.717, 1.165) is 0 Å². The number of hydrogen-bond acceptors (Lipinski definition) is 5. The zero-order chi connectivity index (χ0) is 13.5. The number of nitrogens with one attached hydrogen (secondary N) is 1. The summed E-state index contributed by atoms with van der Waals surface area (Å²) in [5.41, 5.74) is 5.67. The van der Waals surface area contributed by atoms with Gasteiger partial charge >= 0.3 is 0 Å². The van der Waals surface area contributed by atoms with Crippen molar-refractivity contribution in [3.05, 3.63) is 35.1 Å². The molecule has 0 aliphatic carbocycles. The number of aliphatic hydroxyl groups is 2. The molecule has 6 N–H and O–H groups in total. The van der Waals surface area contributed by atoms with E-state index in [4.69, 9.17) is 21.2 Å². The van der Waals surface area contributed by atoms with Crippen LogP contribution in [0, 0.1) is 5.82 Å². The lowest BCUT2D eigenvalue weighted by molar-refractivity contribution is 0.0941. The highest BCUT2D eigenvalue weighted by molar-refractivity contribution is 5.97. The Morgan fingerprint density at radius 1 is 1.50 bits per heavy atom. The highest BCUT2D eigenvalue weighted by Gasteiger charge is 2.11. The van der Waals surface area contributed by atoms with Crippen molar-refractivity contribution in [2.75, 3.05) is 13.2 Å². The van der Waals surface area contributed by atoms with E-state index in [0.29, 0.717) is 5.56 Å². The molecule has 1 unspecified atom stereocenters. The van der Waals surface area contributed by atoms with Crippen LogP contribution in [0.4, 0.5) is 4.39 Å². The van der Waals surface area contributed by atoms with Gasteiger partial charge in [0.05, 0.1) is 18.3 Å². The first-order valence-corrected chi connectivity index (χ1v) is 5.35. The molecule has 1 atom stereocenters. The van der Waals surface area contributed by atoms with Crippen LogP contribution >= 0.6 is 0 Å². The van der Waals surface area contributed by atoms with Crippen molar-refractivity contribution < 1.29 is 19.8 Å². The van der Waals surface area contributed by atoms with Crippen LogP contribution in [0.5, 0.6) is 0 Å². The summed E-state index contributed by atoms with van der Waals surface area (Å²) in [5.74, 6) is -0.886. The Morgan fingerprint density at radius 2 is 2.22 bits per heavy atom. The maximum absolute atomic E-state index is 13.9. The number of oxime groups is 1. The molecule has 1 aromatic rings. The molecule has 6 nitrogen and oxygen atoms in total. The van der Waals surface area contributed by atoms with Crippen LogP contribution in [-0.4, -0.2) is 40.5 Å². The number of amidine groups is 1.